The van der Waals surface area contributed by atoms with Gasteiger partial charge in [0.05, 0.1) is 13.1 Å². The Bertz CT molecular complexity index is 675. The van der Waals surface area contributed by atoms with Crippen LogP contribution in [0.3, 0.4) is 0 Å². The van der Waals surface area contributed by atoms with Crippen LogP contribution in [0.1, 0.15) is 23.4 Å². The molecule has 2 heterocycles. The van der Waals surface area contributed by atoms with Gasteiger partial charge >= 0.3 is 0 Å². The van der Waals surface area contributed by atoms with Crippen molar-refractivity contribution in [2.45, 2.75) is 18.9 Å². The van der Waals surface area contributed by atoms with Crippen LogP contribution in [-0.2, 0) is 14.4 Å². The quantitative estimate of drug-likeness (QED) is 0.585. The summed E-state index contributed by atoms with van der Waals surface area (Å²) in [6, 6.07) is 2.53. The summed E-state index contributed by atoms with van der Waals surface area (Å²) in [6.45, 7) is -0.0330. The Hall–Kier alpha value is -2.36. The summed E-state index contributed by atoms with van der Waals surface area (Å²) in [6.07, 6.45) is 1.35. The second kappa shape index (κ2) is 8.65. The van der Waals surface area contributed by atoms with Crippen LogP contribution in [0, 0.1) is 0 Å². The summed E-state index contributed by atoms with van der Waals surface area (Å²) in [5.41, 5.74) is 0. The van der Waals surface area contributed by atoms with Gasteiger partial charge in [0.1, 0.15) is 6.04 Å². The van der Waals surface area contributed by atoms with Gasteiger partial charge in [0.25, 0.3) is 5.91 Å². The molecule has 9 nitrogen and oxygen atoms in total. The van der Waals surface area contributed by atoms with Gasteiger partial charge in [-0.05, 0) is 40.9 Å². The number of carbonyl (C=O) groups is 4. The van der Waals surface area contributed by atoms with Gasteiger partial charge in [0.15, 0.2) is 10.4 Å². The summed E-state index contributed by atoms with van der Waals surface area (Å²) < 4.78 is 5.47. The third-order valence-electron chi connectivity index (χ3n) is 3.77. The van der Waals surface area contributed by atoms with Crippen molar-refractivity contribution in [3.63, 3.8) is 0 Å². The van der Waals surface area contributed by atoms with Gasteiger partial charge in [-0.1, -0.05) is 0 Å². The summed E-state index contributed by atoms with van der Waals surface area (Å²) >= 11 is 3.08. The first-order chi connectivity index (χ1) is 11.9. The molecule has 1 aromatic heterocycles. The number of nitrogens with one attached hydrogen (secondary N) is 3. The van der Waals surface area contributed by atoms with Crippen LogP contribution in [-0.4, -0.2) is 61.3 Å². The maximum absolute atomic E-state index is 12.2. The monoisotopic (exact) mass is 414 g/mol. The molecule has 2 rings (SSSR count). The average Bonchev–Trinajstić information content (AvgIpc) is 3.25. The molecule has 1 aliphatic heterocycles. The molecular formula is C15H19BrN4O5. The number of amides is 4. The average molecular weight is 415 g/mol. The van der Waals surface area contributed by atoms with Crippen LogP contribution in [0.4, 0.5) is 0 Å². The maximum atomic E-state index is 12.2. The van der Waals surface area contributed by atoms with E-state index in [0.29, 0.717) is 17.6 Å². The highest BCUT2D eigenvalue weighted by Crippen LogP contribution is 2.17. The van der Waals surface area contributed by atoms with Gasteiger partial charge in [0, 0.05) is 13.6 Å². The molecule has 1 atom stereocenters. The largest absolute Gasteiger partial charge is 0.444 e. The Morgan fingerprint density at radius 3 is 2.64 bits per heavy atom. The smallest absolute Gasteiger partial charge is 0.287 e. The number of hydrogen-bond donors (Lipinski definition) is 3. The van der Waals surface area contributed by atoms with Gasteiger partial charge in [-0.25, -0.2) is 0 Å². The molecule has 0 radical (unpaired) electrons. The maximum Gasteiger partial charge on any atom is 0.287 e. The third kappa shape index (κ3) is 5.05. The number of furan rings is 1. The summed E-state index contributed by atoms with van der Waals surface area (Å²) in [5.74, 6) is -1.52. The summed E-state index contributed by atoms with van der Waals surface area (Å²) in [7, 11) is 1.52. The van der Waals surface area contributed by atoms with Crippen molar-refractivity contribution >= 4 is 39.6 Å². The van der Waals surface area contributed by atoms with Crippen LogP contribution < -0.4 is 16.0 Å². The minimum absolute atomic E-state index is 0.0706. The first-order valence-electron chi connectivity index (χ1n) is 7.73. The van der Waals surface area contributed by atoms with Gasteiger partial charge in [-0.15, -0.1) is 0 Å². The molecule has 0 aliphatic carbocycles. The van der Waals surface area contributed by atoms with E-state index in [-0.39, 0.29) is 30.7 Å². The fourth-order valence-corrected chi connectivity index (χ4v) is 2.83. The van der Waals surface area contributed by atoms with Gasteiger partial charge in [0.2, 0.25) is 17.7 Å². The van der Waals surface area contributed by atoms with E-state index in [1.54, 1.807) is 6.07 Å². The number of likely N-dealkylation sites (N-methyl/N-ethyl adjacent to an activating group) is 1. The van der Waals surface area contributed by atoms with Crippen molar-refractivity contribution in [3.8, 4) is 0 Å². The molecule has 1 aromatic rings. The van der Waals surface area contributed by atoms with Crippen molar-refractivity contribution in [1.82, 2.24) is 20.9 Å². The second-order valence-electron chi connectivity index (χ2n) is 5.42. The Kier molecular flexibility index (Phi) is 6.57. The lowest BCUT2D eigenvalue weighted by Crippen LogP contribution is -2.49. The fraction of sp³-hybridized carbons (Fsp3) is 0.467. The van der Waals surface area contributed by atoms with E-state index in [4.69, 9.17) is 4.42 Å². The SMILES string of the molecule is CNC(=O)C1CCCN1C(=O)CNC(=O)CNC(=O)c1ccc(Br)o1. The zero-order valence-corrected chi connectivity index (χ0v) is 15.2. The normalized spacial score (nSPS) is 16.4. The third-order valence-corrected chi connectivity index (χ3v) is 4.19. The van der Waals surface area contributed by atoms with E-state index in [0.717, 1.165) is 6.42 Å². The molecule has 10 heteroatoms. The molecule has 1 aliphatic rings. The molecule has 0 saturated carbocycles. The molecule has 1 fully saturated rings. The molecule has 1 saturated heterocycles. The summed E-state index contributed by atoms with van der Waals surface area (Å²) in [5, 5.41) is 7.35. The molecule has 4 amide bonds. The Morgan fingerprint density at radius 2 is 2.00 bits per heavy atom. The highest BCUT2D eigenvalue weighted by atomic mass is 79.9. The van der Waals surface area contributed by atoms with Crippen molar-refractivity contribution in [1.29, 1.82) is 0 Å². The van der Waals surface area contributed by atoms with E-state index in [1.165, 1.54) is 18.0 Å². The first kappa shape index (κ1) is 19.0. The number of rotatable bonds is 6. The Balaban J connectivity index is 1.75. The minimum atomic E-state index is -0.536. The van der Waals surface area contributed by atoms with Crippen LogP contribution in [0.25, 0.3) is 0 Å². The second-order valence-corrected chi connectivity index (χ2v) is 6.20. The van der Waals surface area contributed by atoms with Crippen molar-refractivity contribution in [3.05, 3.63) is 22.6 Å². The van der Waals surface area contributed by atoms with E-state index >= 15 is 0 Å². The number of likely N-dealkylation sites (tertiary alicyclic amines) is 1. The van der Waals surface area contributed by atoms with Crippen molar-refractivity contribution < 1.29 is 23.6 Å². The van der Waals surface area contributed by atoms with Crippen molar-refractivity contribution in [2.24, 2.45) is 0 Å². The molecular weight excluding hydrogens is 396 g/mol. The molecule has 0 spiro atoms. The highest BCUT2D eigenvalue weighted by molar-refractivity contribution is 9.10. The van der Waals surface area contributed by atoms with Crippen molar-refractivity contribution in [2.75, 3.05) is 26.7 Å². The van der Waals surface area contributed by atoms with Crippen LogP contribution in [0.15, 0.2) is 21.2 Å². The lowest BCUT2D eigenvalue weighted by molar-refractivity contribution is -0.138. The Morgan fingerprint density at radius 1 is 1.24 bits per heavy atom. The van der Waals surface area contributed by atoms with E-state index < -0.39 is 17.9 Å². The van der Waals surface area contributed by atoms with Gasteiger partial charge in [-0.3, -0.25) is 19.2 Å². The molecule has 0 bridgehead atoms. The van der Waals surface area contributed by atoms with Crippen LogP contribution in [0.5, 0.6) is 0 Å². The molecule has 1 unspecified atom stereocenters. The van der Waals surface area contributed by atoms with Crippen LogP contribution >= 0.6 is 15.9 Å². The number of carbonyl (C=O) groups excluding carboxylic acids is 4. The number of nitrogens with zero attached hydrogens (tertiary/aromatic N) is 1. The zero-order chi connectivity index (χ0) is 18.4. The predicted molar refractivity (Wildman–Crippen MR) is 90.6 cm³/mol. The van der Waals surface area contributed by atoms with Gasteiger partial charge in [-0.2, -0.15) is 0 Å². The first-order valence-corrected chi connectivity index (χ1v) is 8.53. The predicted octanol–water partition coefficient (Wildman–Crippen LogP) is -0.375. The van der Waals surface area contributed by atoms with E-state index in [1.807, 2.05) is 0 Å². The minimum Gasteiger partial charge on any atom is -0.444 e. The molecule has 0 aromatic carbocycles. The standard InChI is InChI=1S/C15H19BrN4O5/c1-17-14(23)9-3-2-6-20(9)13(22)8-18-12(21)7-19-15(24)10-4-5-11(16)25-10/h4-5,9H,2-3,6-8H2,1H3,(H,17,23)(H,18,21)(H,19,24). The molecule has 136 valence electrons. The molecule has 25 heavy (non-hydrogen) atoms. The number of halogens is 1. The lowest BCUT2D eigenvalue weighted by atomic mass is 10.2. The fourth-order valence-electron chi connectivity index (χ4n) is 2.53. The molecule has 3 N–H and O–H groups in total. The highest BCUT2D eigenvalue weighted by Gasteiger charge is 2.33. The van der Waals surface area contributed by atoms with Gasteiger partial charge < -0.3 is 25.3 Å². The zero-order valence-electron chi connectivity index (χ0n) is 13.6. The lowest BCUT2D eigenvalue weighted by Gasteiger charge is -2.23. The van der Waals surface area contributed by atoms with E-state index in [2.05, 4.69) is 31.9 Å². The topological polar surface area (TPSA) is 121 Å². The van der Waals surface area contributed by atoms with Crippen LogP contribution in [0.2, 0.25) is 0 Å². The Labute approximate surface area is 152 Å². The number of hydrogen-bond acceptors (Lipinski definition) is 5. The summed E-state index contributed by atoms with van der Waals surface area (Å²) in [4.78, 5) is 48.8. The van der Waals surface area contributed by atoms with E-state index in [9.17, 15) is 19.2 Å².